The first-order chi connectivity index (χ1) is 12.7. The quantitative estimate of drug-likeness (QED) is 0.795. The Morgan fingerprint density at radius 2 is 1.96 bits per heavy atom. The number of pyridine rings is 1. The molecule has 0 bridgehead atoms. The van der Waals surface area contributed by atoms with Gasteiger partial charge in [-0.05, 0) is 44.0 Å². The molecule has 1 amide bonds. The minimum Gasteiger partial charge on any atom is -0.395 e. The summed E-state index contributed by atoms with van der Waals surface area (Å²) in [4.78, 5) is 16.6. The predicted molar refractivity (Wildman–Crippen MR) is 95.2 cm³/mol. The Balaban J connectivity index is 1.68. The second kappa shape index (κ2) is 7.04. The Morgan fingerprint density at radius 1 is 1.26 bits per heavy atom. The molecule has 0 aliphatic carbocycles. The van der Waals surface area contributed by atoms with Gasteiger partial charge in [0, 0.05) is 17.4 Å². The van der Waals surface area contributed by atoms with Crippen LogP contribution in [-0.4, -0.2) is 22.9 Å². The molecule has 0 saturated carbocycles. The van der Waals surface area contributed by atoms with Crippen molar-refractivity contribution in [1.82, 2.24) is 4.98 Å². The lowest BCUT2D eigenvalue weighted by Gasteiger charge is -2.11. The number of aromatic nitrogens is 1. The fraction of sp³-hybridized carbons (Fsp3) is 0.278. The Morgan fingerprint density at radius 3 is 2.67 bits per heavy atom. The maximum absolute atomic E-state index is 13.0. The number of ether oxygens (including phenoxy) is 2. The smallest absolute Gasteiger partial charge is 0.395 e. The third kappa shape index (κ3) is 3.95. The standard InChI is InChI=1S/C18H15F2N3O3S/c1-9-10(2)13(7-21)17(22-11(9)3)27-8-16(24)23-12-4-5-14-15(6-12)26-18(19,20)25-14/h4-6H,8H2,1-3H3,(H,23,24). The summed E-state index contributed by atoms with van der Waals surface area (Å²) in [6, 6.07) is 6.12. The van der Waals surface area contributed by atoms with Gasteiger partial charge in [0.15, 0.2) is 11.5 Å². The lowest BCUT2D eigenvalue weighted by molar-refractivity contribution is -0.286. The number of thioether (sulfide) groups is 1. The van der Waals surface area contributed by atoms with Crippen molar-refractivity contribution < 1.29 is 23.0 Å². The first-order valence-corrected chi connectivity index (χ1v) is 8.89. The molecule has 1 aliphatic rings. The van der Waals surface area contributed by atoms with Gasteiger partial charge in [-0.15, -0.1) is 8.78 Å². The summed E-state index contributed by atoms with van der Waals surface area (Å²) in [5.41, 5.74) is 3.32. The number of carbonyl (C=O) groups excluding carboxylic acids is 1. The number of aryl methyl sites for hydroxylation is 1. The van der Waals surface area contributed by atoms with Crippen LogP contribution in [0.15, 0.2) is 23.2 Å². The first-order valence-electron chi connectivity index (χ1n) is 7.90. The number of nitriles is 1. The van der Waals surface area contributed by atoms with E-state index < -0.39 is 6.29 Å². The van der Waals surface area contributed by atoms with Crippen LogP contribution in [-0.2, 0) is 4.79 Å². The minimum atomic E-state index is -3.71. The summed E-state index contributed by atoms with van der Waals surface area (Å²) in [6.07, 6.45) is -3.71. The zero-order valence-corrected chi connectivity index (χ0v) is 15.5. The highest BCUT2D eigenvalue weighted by Gasteiger charge is 2.43. The van der Waals surface area contributed by atoms with E-state index in [2.05, 4.69) is 25.8 Å². The van der Waals surface area contributed by atoms with E-state index in [9.17, 15) is 18.8 Å². The van der Waals surface area contributed by atoms with E-state index in [1.54, 1.807) is 0 Å². The van der Waals surface area contributed by atoms with Gasteiger partial charge in [-0.2, -0.15) is 5.26 Å². The van der Waals surface area contributed by atoms with Crippen LogP contribution >= 0.6 is 11.8 Å². The normalized spacial score (nSPS) is 13.9. The lowest BCUT2D eigenvalue weighted by Crippen LogP contribution is -2.25. The maximum Gasteiger partial charge on any atom is 0.586 e. The zero-order chi connectivity index (χ0) is 19.8. The van der Waals surface area contributed by atoms with Gasteiger partial charge >= 0.3 is 6.29 Å². The summed E-state index contributed by atoms with van der Waals surface area (Å²) < 4.78 is 34.7. The maximum atomic E-state index is 13.0. The van der Waals surface area contributed by atoms with E-state index in [0.717, 1.165) is 28.6 Å². The molecule has 2 aromatic rings. The Bertz CT molecular complexity index is 973. The van der Waals surface area contributed by atoms with E-state index in [0.29, 0.717) is 16.3 Å². The molecular weight excluding hydrogens is 376 g/mol. The van der Waals surface area contributed by atoms with Crippen molar-refractivity contribution in [2.45, 2.75) is 32.1 Å². The number of alkyl halides is 2. The molecule has 0 radical (unpaired) electrons. The zero-order valence-electron chi connectivity index (χ0n) is 14.7. The topological polar surface area (TPSA) is 84.2 Å². The number of hydrogen-bond acceptors (Lipinski definition) is 6. The summed E-state index contributed by atoms with van der Waals surface area (Å²) >= 11 is 1.14. The van der Waals surface area contributed by atoms with Crippen LogP contribution in [0.2, 0.25) is 0 Å². The number of carbonyl (C=O) groups is 1. The number of nitrogens with one attached hydrogen (secondary N) is 1. The predicted octanol–water partition coefficient (Wildman–Crippen LogP) is 3.93. The van der Waals surface area contributed by atoms with Gasteiger partial charge in [-0.1, -0.05) is 11.8 Å². The number of fused-ring (bicyclic) bond motifs is 1. The summed E-state index contributed by atoms with van der Waals surface area (Å²) in [7, 11) is 0. The molecule has 140 valence electrons. The third-order valence-electron chi connectivity index (χ3n) is 4.10. The molecule has 1 aromatic carbocycles. The van der Waals surface area contributed by atoms with Gasteiger partial charge in [0.1, 0.15) is 11.1 Å². The van der Waals surface area contributed by atoms with Gasteiger partial charge in [0.2, 0.25) is 5.91 Å². The molecule has 0 saturated heterocycles. The van der Waals surface area contributed by atoms with E-state index in [-0.39, 0.29) is 23.2 Å². The van der Waals surface area contributed by atoms with Crippen LogP contribution in [0.5, 0.6) is 11.5 Å². The van der Waals surface area contributed by atoms with E-state index in [1.165, 1.54) is 18.2 Å². The molecular formula is C18H15F2N3O3S. The molecule has 6 nitrogen and oxygen atoms in total. The van der Waals surface area contributed by atoms with Crippen molar-refractivity contribution in [3.8, 4) is 17.6 Å². The molecule has 0 atom stereocenters. The van der Waals surface area contributed by atoms with E-state index in [4.69, 9.17) is 0 Å². The highest BCUT2D eigenvalue weighted by Crippen LogP contribution is 2.42. The van der Waals surface area contributed by atoms with E-state index in [1.807, 2.05) is 20.8 Å². The minimum absolute atomic E-state index is 0.00816. The molecule has 27 heavy (non-hydrogen) atoms. The summed E-state index contributed by atoms with van der Waals surface area (Å²) in [5, 5.41) is 12.4. The summed E-state index contributed by atoms with van der Waals surface area (Å²) in [5.74, 6) is -0.606. The number of rotatable bonds is 4. The largest absolute Gasteiger partial charge is 0.586 e. The van der Waals surface area contributed by atoms with Gasteiger partial charge in [-0.3, -0.25) is 4.79 Å². The number of halogens is 2. The SMILES string of the molecule is Cc1nc(SCC(=O)Nc2ccc3c(c2)OC(F)(F)O3)c(C#N)c(C)c1C. The van der Waals surface area contributed by atoms with Gasteiger partial charge in [-0.25, -0.2) is 4.98 Å². The number of amides is 1. The van der Waals surface area contributed by atoms with Crippen molar-refractivity contribution in [2.24, 2.45) is 0 Å². The molecule has 3 rings (SSSR count). The Hall–Kier alpha value is -2.86. The number of nitrogens with zero attached hydrogens (tertiary/aromatic N) is 2. The van der Waals surface area contributed by atoms with Crippen molar-refractivity contribution in [3.63, 3.8) is 0 Å². The molecule has 9 heteroatoms. The summed E-state index contributed by atoms with van der Waals surface area (Å²) in [6.45, 7) is 5.58. The second-order valence-electron chi connectivity index (χ2n) is 5.91. The van der Waals surface area contributed by atoms with Gasteiger partial charge < -0.3 is 14.8 Å². The van der Waals surface area contributed by atoms with E-state index >= 15 is 0 Å². The number of benzene rings is 1. The molecule has 1 aliphatic heterocycles. The fourth-order valence-corrected chi connectivity index (χ4v) is 3.39. The third-order valence-corrected chi connectivity index (χ3v) is 5.08. The van der Waals surface area contributed by atoms with Crippen LogP contribution < -0.4 is 14.8 Å². The molecule has 1 aromatic heterocycles. The lowest BCUT2D eigenvalue weighted by atomic mass is 10.1. The molecule has 0 unspecified atom stereocenters. The van der Waals surface area contributed by atoms with Crippen molar-refractivity contribution in [3.05, 3.63) is 40.6 Å². The van der Waals surface area contributed by atoms with Crippen LogP contribution in [0.3, 0.4) is 0 Å². The second-order valence-corrected chi connectivity index (χ2v) is 6.87. The van der Waals surface area contributed by atoms with Crippen molar-refractivity contribution in [2.75, 3.05) is 11.1 Å². The van der Waals surface area contributed by atoms with Crippen LogP contribution in [0.4, 0.5) is 14.5 Å². The number of anilines is 1. The highest BCUT2D eigenvalue weighted by atomic mass is 32.2. The first kappa shape index (κ1) is 18.9. The average Bonchev–Trinajstić information content (AvgIpc) is 2.91. The van der Waals surface area contributed by atoms with Gasteiger partial charge in [0.05, 0.1) is 11.3 Å². The van der Waals surface area contributed by atoms with Crippen LogP contribution in [0.1, 0.15) is 22.4 Å². The molecule has 2 heterocycles. The molecule has 0 spiro atoms. The van der Waals surface area contributed by atoms with Crippen LogP contribution in [0.25, 0.3) is 0 Å². The monoisotopic (exact) mass is 391 g/mol. The Labute approximate surface area is 158 Å². The Kier molecular flexibility index (Phi) is 4.93. The molecule has 1 N–H and O–H groups in total. The van der Waals surface area contributed by atoms with Crippen molar-refractivity contribution >= 4 is 23.4 Å². The molecule has 0 fully saturated rings. The fourth-order valence-electron chi connectivity index (χ4n) is 2.51. The highest BCUT2D eigenvalue weighted by molar-refractivity contribution is 8.00. The van der Waals surface area contributed by atoms with Crippen molar-refractivity contribution in [1.29, 1.82) is 5.26 Å². The average molecular weight is 391 g/mol. The number of hydrogen-bond donors (Lipinski definition) is 1. The van der Waals surface area contributed by atoms with Crippen LogP contribution in [0, 0.1) is 32.1 Å². The van der Waals surface area contributed by atoms with Gasteiger partial charge in [0.25, 0.3) is 0 Å².